The van der Waals surface area contributed by atoms with Gasteiger partial charge in [0, 0.05) is 11.3 Å². The largest absolute Gasteiger partial charge is 0.241 e. The second-order valence-corrected chi connectivity index (χ2v) is 3.38. The maximum absolute atomic E-state index is 5.96. The van der Waals surface area contributed by atoms with Crippen molar-refractivity contribution in [3.05, 3.63) is 34.6 Å². The average molecular weight is 182 g/mol. The number of hydrogen-bond donors (Lipinski definition) is 0. The van der Waals surface area contributed by atoms with E-state index in [1.165, 1.54) is 0 Å². The zero-order valence-electron chi connectivity index (χ0n) is 7.61. The molecule has 0 amide bonds. The van der Waals surface area contributed by atoms with E-state index >= 15 is 0 Å². The molecule has 0 saturated carbocycles. The van der Waals surface area contributed by atoms with E-state index in [1.54, 1.807) is 0 Å². The van der Waals surface area contributed by atoms with E-state index in [0.717, 1.165) is 22.4 Å². The summed E-state index contributed by atoms with van der Waals surface area (Å²) < 4.78 is 0. The van der Waals surface area contributed by atoms with Crippen molar-refractivity contribution >= 4 is 17.2 Å². The van der Waals surface area contributed by atoms with Gasteiger partial charge in [-0.1, -0.05) is 18.2 Å². The Hall–Kier alpha value is -0.820. The van der Waals surface area contributed by atoms with Crippen LogP contribution in [0.1, 0.15) is 23.7 Å². The lowest BCUT2D eigenvalue weighted by molar-refractivity contribution is 1.16. The Bertz CT molecular complexity index is 306. The highest BCUT2D eigenvalue weighted by molar-refractivity contribution is 6.31. The first-order chi connectivity index (χ1) is 5.52. The highest BCUT2D eigenvalue weighted by Gasteiger charge is 2.06. The van der Waals surface area contributed by atoms with Gasteiger partial charge >= 0.3 is 0 Å². The lowest BCUT2D eigenvalue weighted by Crippen LogP contribution is -1.92. The monoisotopic (exact) mass is 181 g/mol. The van der Waals surface area contributed by atoms with E-state index < -0.39 is 0 Å². The minimum atomic E-state index is 0.556. The van der Waals surface area contributed by atoms with Crippen molar-refractivity contribution in [2.75, 3.05) is 0 Å². The third-order valence-electron chi connectivity index (χ3n) is 1.73. The summed E-state index contributed by atoms with van der Waals surface area (Å²) in [6.45, 7) is 9.74. The van der Waals surface area contributed by atoms with E-state index in [1.807, 2.05) is 26.8 Å². The van der Waals surface area contributed by atoms with Crippen LogP contribution in [0.15, 0.2) is 12.6 Å². The summed E-state index contributed by atoms with van der Waals surface area (Å²) in [7, 11) is 0. The Morgan fingerprint density at radius 2 is 2.08 bits per heavy atom. The summed E-state index contributed by atoms with van der Waals surface area (Å²) in [6.07, 6.45) is 0. The van der Waals surface area contributed by atoms with Gasteiger partial charge in [0.25, 0.3) is 0 Å². The smallest absolute Gasteiger partial charge is 0.137 e. The first-order valence-corrected chi connectivity index (χ1v) is 4.20. The topological polar surface area (TPSA) is 12.9 Å². The van der Waals surface area contributed by atoms with Gasteiger partial charge in [-0.05, 0) is 38.0 Å². The summed E-state index contributed by atoms with van der Waals surface area (Å²) in [6, 6.07) is 2.01. The normalized spacial score (nSPS) is 10.0. The number of rotatable bonds is 1. The number of aromatic nitrogens is 1. The Kier molecular flexibility index (Phi) is 2.53. The molecule has 1 rings (SSSR count). The summed E-state index contributed by atoms with van der Waals surface area (Å²) in [4.78, 5) is 4.16. The van der Waals surface area contributed by atoms with Crippen LogP contribution in [0.3, 0.4) is 0 Å². The molecule has 0 radical (unpaired) electrons. The van der Waals surface area contributed by atoms with Crippen LogP contribution in [0.4, 0.5) is 0 Å². The van der Waals surface area contributed by atoms with Crippen LogP contribution in [0, 0.1) is 13.8 Å². The van der Waals surface area contributed by atoms with E-state index in [9.17, 15) is 0 Å². The molecular weight excluding hydrogens is 170 g/mol. The highest BCUT2D eigenvalue weighted by atomic mass is 35.5. The molecule has 0 aliphatic rings. The second-order valence-electron chi connectivity index (χ2n) is 3.03. The van der Waals surface area contributed by atoms with Gasteiger partial charge in [0.1, 0.15) is 5.15 Å². The van der Waals surface area contributed by atoms with E-state index in [-0.39, 0.29) is 0 Å². The van der Waals surface area contributed by atoms with Crippen molar-refractivity contribution in [3.8, 4) is 0 Å². The molecule has 2 heteroatoms. The van der Waals surface area contributed by atoms with Crippen LogP contribution in [-0.4, -0.2) is 4.98 Å². The first-order valence-electron chi connectivity index (χ1n) is 3.82. The van der Waals surface area contributed by atoms with Crippen LogP contribution >= 0.6 is 11.6 Å². The molecule has 0 atom stereocenters. The van der Waals surface area contributed by atoms with Gasteiger partial charge in [0.2, 0.25) is 0 Å². The van der Waals surface area contributed by atoms with Gasteiger partial charge in [-0.2, -0.15) is 0 Å². The molecule has 1 heterocycles. The summed E-state index contributed by atoms with van der Waals surface area (Å²) in [5.74, 6) is 0. The van der Waals surface area contributed by atoms with Gasteiger partial charge < -0.3 is 0 Å². The van der Waals surface area contributed by atoms with Gasteiger partial charge in [0.05, 0.1) is 0 Å². The summed E-state index contributed by atoms with van der Waals surface area (Å²) in [5, 5.41) is 0.556. The third-order valence-corrected chi connectivity index (χ3v) is 2.00. The molecule has 1 aromatic rings. The maximum atomic E-state index is 5.96. The fraction of sp³-hybridized carbons (Fsp3) is 0.300. The van der Waals surface area contributed by atoms with Crippen molar-refractivity contribution in [2.24, 2.45) is 0 Å². The molecule has 1 aromatic heterocycles. The van der Waals surface area contributed by atoms with Crippen molar-refractivity contribution in [1.29, 1.82) is 0 Å². The van der Waals surface area contributed by atoms with Crippen molar-refractivity contribution < 1.29 is 0 Å². The molecule has 64 valence electrons. The standard InChI is InChI=1S/C10H12ClN/c1-6(2)9-7(3)5-8(4)12-10(9)11/h5H,1H2,2-4H3. The molecule has 0 saturated heterocycles. The Labute approximate surface area is 78.1 Å². The second kappa shape index (κ2) is 3.28. The van der Waals surface area contributed by atoms with Crippen molar-refractivity contribution in [1.82, 2.24) is 4.98 Å². The van der Waals surface area contributed by atoms with Gasteiger partial charge in [0.15, 0.2) is 0 Å². The van der Waals surface area contributed by atoms with E-state index in [4.69, 9.17) is 11.6 Å². The number of nitrogens with zero attached hydrogens (tertiary/aromatic N) is 1. The zero-order valence-corrected chi connectivity index (χ0v) is 8.37. The van der Waals surface area contributed by atoms with E-state index in [0.29, 0.717) is 5.15 Å². The fourth-order valence-electron chi connectivity index (χ4n) is 1.30. The van der Waals surface area contributed by atoms with Crippen molar-refractivity contribution in [2.45, 2.75) is 20.8 Å². The number of pyridine rings is 1. The molecule has 0 aromatic carbocycles. The molecule has 0 bridgehead atoms. The summed E-state index contributed by atoms with van der Waals surface area (Å²) in [5.41, 5.74) is 4.02. The highest BCUT2D eigenvalue weighted by Crippen LogP contribution is 2.24. The Morgan fingerprint density at radius 3 is 2.50 bits per heavy atom. The summed E-state index contributed by atoms with van der Waals surface area (Å²) >= 11 is 5.96. The zero-order chi connectivity index (χ0) is 9.30. The number of allylic oxidation sites excluding steroid dienone is 1. The predicted molar refractivity (Wildman–Crippen MR) is 53.4 cm³/mol. The molecule has 0 aliphatic heterocycles. The van der Waals surface area contributed by atoms with Crippen LogP contribution in [0.5, 0.6) is 0 Å². The maximum Gasteiger partial charge on any atom is 0.137 e. The molecular formula is C10H12ClN. The van der Waals surface area contributed by atoms with Crippen LogP contribution in [0.25, 0.3) is 5.57 Å². The number of aryl methyl sites for hydroxylation is 2. The Morgan fingerprint density at radius 1 is 1.50 bits per heavy atom. The average Bonchev–Trinajstić information content (AvgIpc) is 1.82. The first kappa shape index (κ1) is 9.27. The third kappa shape index (κ3) is 1.67. The SMILES string of the molecule is C=C(C)c1c(C)cc(C)nc1Cl. The van der Waals surface area contributed by atoms with E-state index in [2.05, 4.69) is 11.6 Å². The minimum absolute atomic E-state index is 0.556. The molecule has 1 nitrogen and oxygen atoms in total. The van der Waals surface area contributed by atoms with Gasteiger partial charge in [-0.25, -0.2) is 4.98 Å². The van der Waals surface area contributed by atoms with Gasteiger partial charge in [-0.15, -0.1) is 0 Å². The Balaban J connectivity index is 3.38. The lowest BCUT2D eigenvalue weighted by Gasteiger charge is -2.07. The molecule has 0 N–H and O–H groups in total. The minimum Gasteiger partial charge on any atom is -0.241 e. The molecule has 0 unspecified atom stereocenters. The molecule has 0 spiro atoms. The van der Waals surface area contributed by atoms with Gasteiger partial charge in [-0.3, -0.25) is 0 Å². The molecule has 0 fully saturated rings. The number of halogens is 1. The van der Waals surface area contributed by atoms with Crippen LogP contribution < -0.4 is 0 Å². The fourth-order valence-corrected chi connectivity index (χ4v) is 1.75. The van der Waals surface area contributed by atoms with Crippen LogP contribution in [0.2, 0.25) is 5.15 Å². The quantitative estimate of drug-likeness (QED) is 0.606. The van der Waals surface area contributed by atoms with Crippen LogP contribution in [-0.2, 0) is 0 Å². The lowest BCUT2D eigenvalue weighted by atomic mass is 10.1. The predicted octanol–water partition coefficient (Wildman–Crippen LogP) is 3.38. The molecule has 12 heavy (non-hydrogen) atoms. The van der Waals surface area contributed by atoms with Crippen molar-refractivity contribution in [3.63, 3.8) is 0 Å². The molecule has 0 aliphatic carbocycles. The number of hydrogen-bond acceptors (Lipinski definition) is 1.